The molecule has 1 aromatic heterocycles. The summed E-state index contributed by atoms with van der Waals surface area (Å²) in [7, 11) is 1.66. The molecule has 4 aromatic rings. The van der Waals surface area contributed by atoms with E-state index in [2.05, 4.69) is 58.0 Å². The fourth-order valence-corrected chi connectivity index (χ4v) is 4.45. The highest BCUT2D eigenvalue weighted by atomic mass is 32.2. The topological polar surface area (TPSA) is 47.0 Å². The smallest absolute Gasteiger partial charge is 0.210 e. The number of benzene rings is 3. The van der Waals surface area contributed by atoms with E-state index in [1.807, 2.05) is 24.3 Å². The fourth-order valence-electron chi connectivity index (χ4n) is 2.67. The van der Waals surface area contributed by atoms with Crippen LogP contribution in [0, 0.1) is 0 Å². The van der Waals surface area contributed by atoms with E-state index in [0.717, 1.165) is 26.7 Å². The predicted molar refractivity (Wildman–Crippen MR) is 110 cm³/mol. The average molecular weight is 380 g/mol. The average Bonchev–Trinajstić information content (AvgIpc) is 3.14. The Hall–Kier alpha value is -2.57. The van der Waals surface area contributed by atoms with E-state index in [9.17, 15) is 0 Å². The minimum atomic E-state index is 0.788. The number of aromatic nitrogens is 2. The number of ether oxygens (including phenoxy) is 1. The molecular weight excluding hydrogens is 362 g/mol. The maximum absolute atomic E-state index is 5.17. The number of nitrogens with zero attached hydrogens (tertiary/aromatic N) is 2. The largest absolute Gasteiger partial charge is 0.497 e. The van der Waals surface area contributed by atoms with Crippen LogP contribution in [0.3, 0.4) is 0 Å². The number of thioether (sulfide) groups is 1. The molecule has 0 aliphatic heterocycles. The summed E-state index contributed by atoms with van der Waals surface area (Å²) in [5, 5.41) is 15.1. The number of hydrogen-bond donors (Lipinski definition) is 1. The summed E-state index contributed by atoms with van der Waals surface area (Å²) in [5.41, 5.74) is 2.28. The lowest BCUT2D eigenvalue weighted by Crippen LogP contribution is -1.89. The molecule has 0 radical (unpaired) electrons. The molecule has 3 aromatic carbocycles. The lowest BCUT2D eigenvalue weighted by molar-refractivity contribution is 0.415. The van der Waals surface area contributed by atoms with Crippen molar-refractivity contribution in [2.75, 3.05) is 12.4 Å². The Morgan fingerprint density at radius 3 is 2.62 bits per heavy atom. The van der Waals surface area contributed by atoms with E-state index >= 15 is 0 Å². The van der Waals surface area contributed by atoms with Crippen LogP contribution in [0.25, 0.3) is 10.8 Å². The number of rotatable bonds is 6. The van der Waals surface area contributed by atoms with Crippen molar-refractivity contribution in [2.24, 2.45) is 0 Å². The number of fused-ring (bicyclic) bond motifs is 1. The molecule has 6 heteroatoms. The highest BCUT2D eigenvalue weighted by molar-refractivity contribution is 8.00. The minimum absolute atomic E-state index is 0.788. The van der Waals surface area contributed by atoms with Gasteiger partial charge < -0.3 is 10.1 Å². The van der Waals surface area contributed by atoms with Gasteiger partial charge in [0.1, 0.15) is 5.75 Å². The summed E-state index contributed by atoms with van der Waals surface area (Å²) in [6.45, 7) is 0. The first kappa shape index (κ1) is 16.9. The van der Waals surface area contributed by atoms with Gasteiger partial charge in [0.2, 0.25) is 5.13 Å². The zero-order valence-electron chi connectivity index (χ0n) is 14.2. The van der Waals surface area contributed by atoms with E-state index in [4.69, 9.17) is 4.74 Å². The molecule has 0 fully saturated rings. The number of methoxy groups -OCH3 is 1. The maximum atomic E-state index is 5.17. The van der Waals surface area contributed by atoms with E-state index < -0.39 is 0 Å². The first-order valence-corrected chi connectivity index (χ1v) is 9.96. The SMILES string of the molecule is COc1ccc(Nc2nnc(SCc3cccc4ccccc34)s2)cc1. The molecule has 0 atom stereocenters. The van der Waals surface area contributed by atoms with Crippen LogP contribution in [0.1, 0.15) is 5.56 Å². The molecule has 0 saturated heterocycles. The van der Waals surface area contributed by atoms with E-state index in [-0.39, 0.29) is 0 Å². The molecular formula is C20H17N3OS2. The van der Waals surface area contributed by atoms with Gasteiger partial charge >= 0.3 is 0 Å². The van der Waals surface area contributed by atoms with Gasteiger partial charge in [-0.25, -0.2) is 0 Å². The summed E-state index contributed by atoms with van der Waals surface area (Å²) in [5.74, 6) is 1.71. The third-order valence-corrected chi connectivity index (χ3v) is 6.00. The second kappa shape index (κ2) is 7.76. The highest BCUT2D eigenvalue weighted by Crippen LogP contribution is 2.32. The minimum Gasteiger partial charge on any atom is -0.497 e. The van der Waals surface area contributed by atoms with E-state index in [0.29, 0.717) is 0 Å². The Morgan fingerprint density at radius 2 is 1.77 bits per heavy atom. The summed E-state index contributed by atoms with van der Waals surface area (Å²) in [4.78, 5) is 0. The normalized spacial score (nSPS) is 10.8. The highest BCUT2D eigenvalue weighted by Gasteiger charge is 2.07. The van der Waals surface area contributed by atoms with Crippen LogP contribution in [-0.2, 0) is 5.75 Å². The molecule has 0 unspecified atom stereocenters. The van der Waals surface area contributed by atoms with Crippen LogP contribution < -0.4 is 10.1 Å². The van der Waals surface area contributed by atoms with Crippen LogP contribution in [0.4, 0.5) is 10.8 Å². The Morgan fingerprint density at radius 1 is 0.962 bits per heavy atom. The zero-order valence-corrected chi connectivity index (χ0v) is 15.8. The van der Waals surface area contributed by atoms with Crippen LogP contribution >= 0.6 is 23.1 Å². The van der Waals surface area contributed by atoms with Crippen LogP contribution in [0.15, 0.2) is 71.1 Å². The van der Waals surface area contributed by atoms with Crippen molar-refractivity contribution in [1.82, 2.24) is 10.2 Å². The zero-order chi connectivity index (χ0) is 17.8. The van der Waals surface area contributed by atoms with Crippen molar-refractivity contribution < 1.29 is 4.74 Å². The van der Waals surface area contributed by atoms with E-state index in [1.165, 1.54) is 16.3 Å². The standard InChI is InChI=1S/C20H17N3OS2/c1-24-17-11-9-16(10-12-17)21-19-22-23-20(26-19)25-13-15-7-4-6-14-5-2-3-8-18(14)15/h2-12H,13H2,1H3,(H,21,22). The summed E-state index contributed by atoms with van der Waals surface area (Å²) >= 11 is 3.27. The molecule has 0 amide bonds. The quantitative estimate of drug-likeness (QED) is 0.433. The second-order valence-electron chi connectivity index (χ2n) is 5.65. The molecule has 0 bridgehead atoms. The van der Waals surface area contributed by atoms with Crippen molar-refractivity contribution in [3.63, 3.8) is 0 Å². The summed E-state index contributed by atoms with van der Waals surface area (Å²) < 4.78 is 6.12. The Bertz CT molecular complexity index is 1010. The van der Waals surface area contributed by atoms with Gasteiger partial charge in [0.05, 0.1) is 7.11 Å². The predicted octanol–water partition coefficient (Wildman–Crippen LogP) is 5.74. The number of nitrogens with one attached hydrogen (secondary N) is 1. The van der Waals surface area contributed by atoms with Crippen molar-refractivity contribution in [3.05, 3.63) is 72.3 Å². The molecule has 0 aliphatic carbocycles. The first-order chi connectivity index (χ1) is 12.8. The maximum Gasteiger partial charge on any atom is 0.210 e. The molecule has 1 heterocycles. The third kappa shape index (κ3) is 3.81. The van der Waals surface area contributed by atoms with Gasteiger partial charge in [-0.15, -0.1) is 10.2 Å². The Kier molecular flexibility index (Phi) is 5.04. The Balaban J connectivity index is 1.43. The van der Waals surface area contributed by atoms with Gasteiger partial charge in [-0.05, 0) is 40.6 Å². The van der Waals surface area contributed by atoms with Crippen LogP contribution in [-0.4, -0.2) is 17.3 Å². The molecule has 0 aliphatic rings. The van der Waals surface area contributed by atoms with Crippen molar-refractivity contribution >= 4 is 44.7 Å². The molecule has 1 N–H and O–H groups in total. The molecule has 4 rings (SSSR count). The van der Waals surface area contributed by atoms with Crippen molar-refractivity contribution in [2.45, 2.75) is 10.1 Å². The van der Waals surface area contributed by atoms with Crippen LogP contribution in [0.5, 0.6) is 5.75 Å². The van der Waals surface area contributed by atoms with E-state index in [1.54, 1.807) is 30.2 Å². The van der Waals surface area contributed by atoms with Gasteiger partial charge in [0, 0.05) is 11.4 Å². The van der Waals surface area contributed by atoms with Gasteiger partial charge in [0.15, 0.2) is 4.34 Å². The molecule has 26 heavy (non-hydrogen) atoms. The molecule has 0 saturated carbocycles. The first-order valence-electron chi connectivity index (χ1n) is 8.16. The lowest BCUT2D eigenvalue weighted by atomic mass is 10.1. The third-order valence-electron chi connectivity index (χ3n) is 3.98. The molecule has 130 valence electrons. The monoisotopic (exact) mass is 379 g/mol. The van der Waals surface area contributed by atoms with Gasteiger partial charge in [-0.1, -0.05) is 65.6 Å². The molecule has 4 nitrogen and oxygen atoms in total. The number of hydrogen-bond acceptors (Lipinski definition) is 6. The van der Waals surface area contributed by atoms with Gasteiger partial charge in [0.25, 0.3) is 0 Å². The summed E-state index contributed by atoms with van der Waals surface area (Å²) in [6.07, 6.45) is 0. The molecule has 0 spiro atoms. The van der Waals surface area contributed by atoms with Crippen molar-refractivity contribution in [3.8, 4) is 5.75 Å². The van der Waals surface area contributed by atoms with Crippen molar-refractivity contribution in [1.29, 1.82) is 0 Å². The summed E-state index contributed by atoms with van der Waals surface area (Å²) in [6, 6.07) is 22.6. The van der Waals surface area contributed by atoms with Gasteiger partial charge in [-0.3, -0.25) is 0 Å². The van der Waals surface area contributed by atoms with Gasteiger partial charge in [-0.2, -0.15) is 0 Å². The van der Waals surface area contributed by atoms with Crippen LogP contribution in [0.2, 0.25) is 0 Å². The second-order valence-corrected chi connectivity index (χ2v) is 7.85. The Labute approximate surface area is 160 Å². The fraction of sp³-hybridized carbons (Fsp3) is 0.100. The lowest BCUT2D eigenvalue weighted by Gasteiger charge is -2.04. The number of anilines is 2.